The summed E-state index contributed by atoms with van der Waals surface area (Å²) in [6.07, 6.45) is 5.49. The molecule has 12 rings (SSSR count). The average Bonchev–Trinajstić information content (AvgIpc) is 1.55. The second kappa shape index (κ2) is 40.1. The molecular formula is C68H57Br8Cl4GeI4N. The largest absolute Gasteiger partial charge is 0.344 e. The van der Waals surface area contributed by atoms with Gasteiger partial charge in [-0.1, -0.05) is 223 Å². The molecule has 450 valence electrons. The number of alkyl halides is 5. The van der Waals surface area contributed by atoms with Crippen molar-refractivity contribution in [2.24, 2.45) is 0 Å². The predicted molar refractivity (Wildman–Crippen MR) is 446 cm³/mol. The zero-order chi connectivity index (χ0) is 59.6. The monoisotopic (exact) mass is 2240 g/mol. The van der Waals surface area contributed by atoms with Gasteiger partial charge in [-0.15, -0.1) is 12.4 Å². The predicted octanol–water partition coefficient (Wildman–Crippen LogP) is 26.4. The molecule has 2 atom stereocenters. The van der Waals surface area contributed by atoms with Gasteiger partial charge in [-0.25, -0.2) is 0 Å². The van der Waals surface area contributed by atoms with Gasteiger partial charge >= 0.3 is 180 Å². The number of halogens is 16. The molecular weight excluding hydrogens is 2190 g/mol. The van der Waals surface area contributed by atoms with Gasteiger partial charge in [-0.05, 0) is 197 Å². The Morgan fingerprint density at radius 3 is 0.930 bits per heavy atom. The molecule has 0 aromatic heterocycles. The van der Waals surface area contributed by atoms with Crippen LogP contribution in [-0.4, -0.2) is 27.2 Å². The summed E-state index contributed by atoms with van der Waals surface area (Å²) in [5, 5.41) is 0. The van der Waals surface area contributed by atoms with Crippen molar-refractivity contribution in [1.29, 1.82) is 0 Å². The van der Waals surface area contributed by atoms with Gasteiger partial charge in [0.25, 0.3) is 0 Å². The van der Waals surface area contributed by atoms with Crippen LogP contribution in [-0.2, 0) is 0 Å². The Kier molecular flexibility index (Phi) is 36.9. The molecule has 10 aromatic carbocycles. The minimum absolute atomic E-state index is 0. The van der Waals surface area contributed by atoms with E-state index in [9.17, 15) is 0 Å². The van der Waals surface area contributed by atoms with Crippen LogP contribution >= 0.6 is 265 Å². The maximum Gasteiger partial charge on any atom is 0.180 e. The quantitative estimate of drug-likeness (QED) is 0.104. The first-order valence-corrected chi connectivity index (χ1v) is 42.1. The molecule has 0 spiro atoms. The second-order valence-electron chi connectivity index (χ2n) is 18.6. The van der Waals surface area contributed by atoms with Crippen LogP contribution in [0.1, 0.15) is 33.1 Å². The van der Waals surface area contributed by atoms with E-state index in [2.05, 4.69) is 424 Å². The van der Waals surface area contributed by atoms with E-state index in [1.54, 1.807) is 0 Å². The van der Waals surface area contributed by atoms with E-state index in [1.165, 1.54) is 102 Å². The fraction of sp³-hybridized carbons (Fsp3) is 0.118. The molecule has 1 aliphatic carbocycles. The summed E-state index contributed by atoms with van der Waals surface area (Å²) in [5.41, 5.74) is 10.3. The van der Waals surface area contributed by atoms with Gasteiger partial charge in [0.05, 0.1) is 0 Å². The summed E-state index contributed by atoms with van der Waals surface area (Å²) in [6, 6.07) is 82.0. The first kappa shape index (κ1) is 79.1. The van der Waals surface area contributed by atoms with Crippen molar-refractivity contribution in [1.82, 2.24) is 6.15 Å². The third kappa shape index (κ3) is 22.1. The van der Waals surface area contributed by atoms with Gasteiger partial charge in [-0.3, -0.25) is 0 Å². The van der Waals surface area contributed by atoms with Crippen LogP contribution in [0.15, 0.2) is 257 Å². The van der Waals surface area contributed by atoms with Crippen molar-refractivity contribution in [2.75, 3.05) is 0 Å². The first-order valence-electron chi connectivity index (χ1n) is 25.7. The van der Waals surface area contributed by atoms with Crippen molar-refractivity contribution in [3.05, 3.63) is 272 Å². The average molecular weight is 2250 g/mol. The molecule has 0 bridgehead atoms. The Hall–Kier alpha value is 0.623. The summed E-state index contributed by atoms with van der Waals surface area (Å²) in [6.45, 7) is 0. The van der Waals surface area contributed by atoms with Crippen LogP contribution in [0.4, 0.5) is 0 Å². The summed E-state index contributed by atoms with van der Waals surface area (Å²) in [5.74, 6) is 0. The second-order valence-corrected chi connectivity index (χ2v) is 40.8. The van der Waals surface area contributed by atoms with E-state index in [4.69, 9.17) is 34.8 Å². The van der Waals surface area contributed by atoms with Gasteiger partial charge in [0.15, 0.2) is 4.30 Å². The van der Waals surface area contributed by atoms with Crippen LogP contribution in [0.3, 0.4) is 0 Å². The summed E-state index contributed by atoms with van der Waals surface area (Å²) in [7, 11) is 0. The number of hydrogen-bond acceptors (Lipinski definition) is 1. The molecule has 18 heteroatoms. The maximum atomic E-state index is 4.81. The molecule has 1 aliphatic heterocycles. The molecule has 0 saturated heterocycles. The molecule has 0 amide bonds. The Morgan fingerprint density at radius 2 is 0.616 bits per heavy atom. The van der Waals surface area contributed by atoms with Crippen molar-refractivity contribution >= 4 is 296 Å². The third-order valence-electron chi connectivity index (χ3n) is 13.3. The Balaban J connectivity index is 0.000000236. The fourth-order valence-corrected chi connectivity index (χ4v) is 26.6. The van der Waals surface area contributed by atoms with Crippen molar-refractivity contribution < 1.29 is 0 Å². The minimum atomic E-state index is -3.01. The molecule has 0 radical (unpaired) electrons. The van der Waals surface area contributed by atoms with Gasteiger partial charge in [0.1, 0.15) is 0 Å². The maximum absolute atomic E-state index is 4.81. The van der Waals surface area contributed by atoms with Crippen LogP contribution in [0.2, 0.25) is 0 Å². The Morgan fingerprint density at radius 1 is 0.349 bits per heavy atom. The molecule has 1 saturated carbocycles. The standard InChI is InChI=1S/C24H16Br2Ge.C12H6Br2I2.C12H8Br2.C12H8I2.C6H10Br2.CHCl3.CH4.ClH.H3N/c25-17-11-13-23-21(15-17)22-16-18(26)12-14-24(22)27(23,19-7-3-1-4-8-19)20-9-5-2-6-10-20;13-7-1-3-11(15)9(5-7)10-6-8(14)2-4-12(10)16;2*13-11-7-3-1-5-9(11)10-6-2-4-8-12(10)14;7-5-3-1-2-4-6(5)8;2-1(3)4;;;/h1-16H;1-6H;2*1-8H;5-6H,1-4H2;1H;1H4;1H;1H3. The van der Waals surface area contributed by atoms with E-state index >= 15 is 0 Å². The number of benzene rings is 10. The first-order chi connectivity index (χ1) is 39.9. The zero-order valence-electron chi connectivity index (χ0n) is 44.8. The van der Waals surface area contributed by atoms with Gasteiger partial charge < -0.3 is 6.15 Å². The van der Waals surface area contributed by atoms with Crippen LogP contribution in [0, 0.1) is 14.3 Å². The van der Waals surface area contributed by atoms with Crippen LogP contribution in [0.5, 0.6) is 0 Å². The van der Waals surface area contributed by atoms with Gasteiger partial charge in [-0.2, -0.15) is 0 Å². The Labute approximate surface area is 654 Å². The van der Waals surface area contributed by atoms with Crippen LogP contribution < -0.4 is 23.7 Å². The van der Waals surface area contributed by atoms with Gasteiger partial charge in [0, 0.05) is 41.8 Å². The minimum Gasteiger partial charge on any atom is -0.344 e. The van der Waals surface area contributed by atoms with Crippen molar-refractivity contribution in [2.45, 2.75) is 47.1 Å². The molecule has 86 heavy (non-hydrogen) atoms. The number of rotatable bonds is 5. The smallest absolute Gasteiger partial charge is 0.180 e. The van der Waals surface area contributed by atoms with E-state index in [-0.39, 0.29) is 26.0 Å². The number of hydrogen-bond donors (Lipinski definition) is 1. The van der Waals surface area contributed by atoms with E-state index in [0.717, 1.165) is 36.5 Å². The molecule has 1 fully saturated rings. The molecule has 2 aliphatic rings. The molecule has 10 aromatic rings. The Bertz CT molecular complexity index is 3410. The molecule has 1 heterocycles. The summed E-state index contributed by atoms with van der Waals surface area (Å²) < 4.78 is 17.1. The van der Waals surface area contributed by atoms with E-state index in [0.29, 0.717) is 0 Å². The van der Waals surface area contributed by atoms with E-state index < -0.39 is 17.6 Å². The molecule has 3 N–H and O–H groups in total. The van der Waals surface area contributed by atoms with Crippen LogP contribution in [0.25, 0.3) is 44.5 Å². The fourth-order valence-electron chi connectivity index (χ4n) is 9.61. The number of fused-ring (bicyclic) bond motifs is 3. The van der Waals surface area contributed by atoms with E-state index in [1.807, 2.05) is 24.3 Å². The SMILES string of the molecule is BrC1CCCCC1Br.Brc1cc[c]2c(c1)-c1cc(Br)cc[c]1[Ge]2([c]1ccccc1)[c]1ccccc1.Brc1ccc(I)c(-c2cc(Br)ccc2I)c1.Brc1ccccc1-c1ccccc1Br.C.Cl.ClC(Cl)Cl.Ic1ccccc1-c1ccccc1I.N. The van der Waals surface area contributed by atoms with Gasteiger partial charge in [0.2, 0.25) is 0 Å². The summed E-state index contributed by atoms with van der Waals surface area (Å²) >= 11 is 49.6. The molecule has 2 unspecified atom stereocenters. The normalized spacial score (nSPS) is 13.7. The van der Waals surface area contributed by atoms with Crippen molar-refractivity contribution in [3.63, 3.8) is 0 Å². The molecule has 1 nitrogen and oxygen atoms in total. The summed E-state index contributed by atoms with van der Waals surface area (Å²) in [4.78, 5) is 1.47. The topological polar surface area (TPSA) is 35.0 Å². The van der Waals surface area contributed by atoms with Crippen molar-refractivity contribution in [3.8, 4) is 44.5 Å². The zero-order valence-corrected chi connectivity index (χ0v) is 71.3. The third-order valence-corrected chi connectivity index (χ3v) is 33.6.